The van der Waals surface area contributed by atoms with Crippen molar-refractivity contribution in [1.82, 2.24) is 15.1 Å². The van der Waals surface area contributed by atoms with Crippen LogP contribution in [0.2, 0.25) is 0 Å². The van der Waals surface area contributed by atoms with Gasteiger partial charge in [0.15, 0.2) is 53.9 Å². The molecule has 5 heterocycles. The maximum absolute atomic E-state index is 14.8. The molecule has 0 unspecified atom stereocenters. The number of benzene rings is 3. The molecule has 5 fully saturated rings. The van der Waals surface area contributed by atoms with Crippen molar-refractivity contribution in [3.63, 3.8) is 0 Å². The van der Waals surface area contributed by atoms with Crippen molar-refractivity contribution in [2.75, 3.05) is 112 Å². The first-order chi connectivity index (χ1) is 46.6. The lowest BCUT2D eigenvalue weighted by Crippen LogP contribution is -2.64. The molecule has 8 rings (SSSR count). The number of rotatable bonds is 30. The zero-order chi connectivity index (χ0) is 69.9. The smallest absolute Gasteiger partial charge is 0.411 e. The lowest BCUT2D eigenvalue weighted by atomic mass is 9.97. The Hall–Kier alpha value is -9.53. The molecular formula is C66H81N5O26. The molecule has 3 aromatic rings. The highest BCUT2D eigenvalue weighted by atomic mass is 16.7. The highest BCUT2D eigenvalue weighted by Crippen LogP contribution is 2.40. The average molecular weight is 1360 g/mol. The van der Waals surface area contributed by atoms with Crippen molar-refractivity contribution in [1.29, 1.82) is 0 Å². The van der Waals surface area contributed by atoms with Crippen molar-refractivity contribution in [2.45, 2.75) is 115 Å². The highest BCUT2D eigenvalue weighted by Gasteiger charge is 2.56. The molecule has 5 aliphatic rings. The normalized spacial score (nSPS) is 20.8. The van der Waals surface area contributed by atoms with Crippen LogP contribution in [0.15, 0.2) is 79.4 Å². The molecule has 5 saturated heterocycles. The fourth-order valence-electron chi connectivity index (χ4n) is 11.3. The molecule has 0 saturated carbocycles. The summed E-state index contributed by atoms with van der Waals surface area (Å²) in [7, 11) is 5.26. The van der Waals surface area contributed by atoms with Gasteiger partial charge in [-0.05, 0) is 61.9 Å². The molecule has 0 radical (unpaired) electrons. The second-order valence-electron chi connectivity index (χ2n) is 22.6. The fourth-order valence-corrected chi connectivity index (χ4v) is 11.3. The van der Waals surface area contributed by atoms with E-state index in [9.17, 15) is 43.2 Å². The summed E-state index contributed by atoms with van der Waals surface area (Å²) < 4.78 is 96.5. The van der Waals surface area contributed by atoms with Crippen LogP contribution in [-0.2, 0) is 82.6 Å². The van der Waals surface area contributed by atoms with Gasteiger partial charge >= 0.3 is 36.1 Å². The SMILES string of the molecule is C=CCOC(=O)Nc1cc(OCCCCCOc2cc(NC(=O)OCc3ccc(O[C@@H]4O[C@H](C(=O)OC)[C@@H](OC(C)=O)[C@H](OC(C)=O)[C@H]4OC(C)=O)c(C(=O)NCCOC)c3)c(C(=O)N3CC(=C)C[C@H]3C3OCCO3)cc2OC)c(OC)cc1C(=O)N1CC(=C)C[C@H]1C1OCCO1. The quantitative estimate of drug-likeness (QED) is 0.0319. The molecule has 0 bridgehead atoms. The number of carbonyl (C=O) groups is 9. The lowest BCUT2D eigenvalue weighted by molar-refractivity contribution is -0.282. The minimum Gasteiger partial charge on any atom is -0.493 e. The molecule has 0 spiro atoms. The van der Waals surface area contributed by atoms with Crippen LogP contribution in [-0.4, -0.2) is 220 Å². The van der Waals surface area contributed by atoms with E-state index >= 15 is 0 Å². The number of hydrogen-bond donors (Lipinski definition) is 3. The number of unbranched alkanes of at least 4 members (excludes halogenated alkanes) is 2. The molecule has 31 heteroatoms. The van der Waals surface area contributed by atoms with Crippen LogP contribution in [0, 0.1) is 0 Å². The lowest BCUT2D eigenvalue weighted by Gasteiger charge is -2.43. The first-order valence-corrected chi connectivity index (χ1v) is 31.1. The Labute approximate surface area is 559 Å². The monoisotopic (exact) mass is 1360 g/mol. The van der Waals surface area contributed by atoms with Gasteiger partial charge in [0, 0.05) is 59.6 Å². The minimum absolute atomic E-state index is 0.0102. The van der Waals surface area contributed by atoms with Crippen LogP contribution in [0.25, 0.3) is 0 Å². The molecule has 5 aliphatic heterocycles. The Morgan fingerprint density at radius 2 is 1.09 bits per heavy atom. The molecule has 3 N–H and O–H groups in total. The van der Waals surface area contributed by atoms with Gasteiger partial charge in [0.05, 0.1) is 108 Å². The molecule has 5 amide bonds. The zero-order valence-electron chi connectivity index (χ0n) is 55.0. The third kappa shape index (κ3) is 19.2. The van der Waals surface area contributed by atoms with Crippen molar-refractivity contribution in [2.24, 2.45) is 0 Å². The third-order valence-corrected chi connectivity index (χ3v) is 15.5. The number of amides is 5. The van der Waals surface area contributed by atoms with Gasteiger partial charge in [-0.3, -0.25) is 39.4 Å². The number of nitrogens with one attached hydrogen (secondary N) is 3. The van der Waals surface area contributed by atoms with Crippen molar-refractivity contribution in [3.05, 3.63) is 102 Å². The fraction of sp³-hybridized carbons (Fsp3) is 0.500. The number of hydrogen-bond acceptors (Lipinski definition) is 26. The van der Waals surface area contributed by atoms with E-state index < -0.39 is 116 Å². The predicted molar refractivity (Wildman–Crippen MR) is 337 cm³/mol. The Bertz CT molecular complexity index is 3400. The molecule has 0 aromatic heterocycles. The number of likely N-dealkylation sites (tertiary alicyclic amines) is 2. The van der Waals surface area contributed by atoms with Crippen molar-refractivity contribution in [3.8, 4) is 28.7 Å². The second kappa shape index (κ2) is 34.9. The summed E-state index contributed by atoms with van der Waals surface area (Å²) in [6, 6.07) is 8.84. The molecule has 3 aromatic carbocycles. The topological polar surface area (TPSA) is 353 Å². The van der Waals surface area contributed by atoms with Gasteiger partial charge < -0.3 is 95.6 Å². The molecular weight excluding hydrogens is 1280 g/mol. The summed E-state index contributed by atoms with van der Waals surface area (Å²) in [4.78, 5) is 124. The average Bonchev–Trinajstić information content (AvgIpc) is 1.55. The van der Waals surface area contributed by atoms with Gasteiger partial charge in [-0.25, -0.2) is 14.4 Å². The van der Waals surface area contributed by atoms with Crippen LogP contribution in [0.4, 0.5) is 21.0 Å². The maximum Gasteiger partial charge on any atom is 0.411 e. The number of carbonyl (C=O) groups excluding carboxylic acids is 9. The summed E-state index contributed by atoms with van der Waals surface area (Å²) in [6.07, 6.45) is -8.27. The molecule has 526 valence electrons. The number of methoxy groups -OCH3 is 4. The summed E-state index contributed by atoms with van der Waals surface area (Å²) in [5, 5.41) is 8.02. The van der Waals surface area contributed by atoms with E-state index in [0.717, 1.165) is 39.0 Å². The van der Waals surface area contributed by atoms with Gasteiger partial charge in [0.2, 0.25) is 12.4 Å². The summed E-state index contributed by atoms with van der Waals surface area (Å²) in [5.41, 5.74) is 1.71. The van der Waals surface area contributed by atoms with Crippen LogP contribution in [0.1, 0.15) is 89.5 Å². The summed E-state index contributed by atoms with van der Waals surface area (Å²) in [5.74, 6) is -5.07. The van der Waals surface area contributed by atoms with Gasteiger partial charge in [-0.15, -0.1) is 0 Å². The third-order valence-electron chi connectivity index (χ3n) is 15.5. The summed E-state index contributed by atoms with van der Waals surface area (Å²) in [6.45, 7) is 16.5. The van der Waals surface area contributed by atoms with Gasteiger partial charge in [-0.1, -0.05) is 43.0 Å². The Morgan fingerprint density at radius 3 is 1.58 bits per heavy atom. The van der Waals surface area contributed by atoms with E-state index in [2.05, 4.69) is 35.7 Å². The number of esters is 4. The first-order valence-electron chi connectivity index (χ1n) is 31.1. The van der Waals surface area contributed by atoms with Crippen LogP contribution < -0.4 is 39.6 Å². The standard InChI is InChI=1S/C66H81N5O26/c1-11-18-91-65(79)68-45-31-52(50(82-8)29-42(45)59(76)70-33-36(2)26-47(70)62-87-22-23-88-62)85-19-13-12-14-20-86-53-32-46(43(30-51(53)83-9)60(77)71-34-37(3)27-48(71)63-89-24-25-90-63)69-66(80)92-35-41-15-16-49(44(28-41)58(75)67-17-21-81-7)96-64-57(95-40(6)74)55(94-39(5)73)54(93-38(4)72)56(97-64)61(78)84-10/h11,15-16,28-32,47-48,54-57,62-64H,1-3,12-14,17-27,33-35H2,4-10H3,(H,67,75)(H,68,79)(H,69,80)/t47-,48-,54-,55-,56-,57+,64+/m0/s1. The van der Waals surface area contributed by atoms with E-state index in [0.29, 0.717) is 58.5 Å². The Morgan fingerprint density at radius 1 is 0.588 bits per heavy atom. The van der Waals surface area contributed by atoms with Gasteiger partial charge in [0.25, 0.3) is 17.7 Å². The molecule has 97 heavy (non-hydrogen) atoms. The van der Waals surface area contributed by atoms with Gasteiger partial charge in [0.1, 0.15) is 19.0 Å². The van der Waals surface area contributed by atoms with Crippen molar-refractivity contribution < 1.29 is 124 Å². The van der Waals surface area contributed by atoms with Crippen LogP contribution in [0.3, 0.4) is 0 Å². The van der Waals surface area contributed by atoms with Crippen LogP contribution >= 0.6 is 0 Å². The minimum atomic E-state index is -1.84. The first kappa shape index (κ1) is 73.3. The van der Waals surface area contributed by atoms with E-state index in [4.69, 9.17) is 80.5 Å². The zero-order valence-corrected chi connectivity index (χ0v) is 55.0. The van der Waals surface area contributed by atoms with Crippen molar-refractivity contribution >= 4 is 65.2 Å². The number of anilines is 2. The Balaban J connectivity index is 0.987. The van der Waals surface area contributed by atoms with Crippen LogP contribution in [0.5, 0.6) is 28.7 Å². The molecule has 0 aliphatic carbocycles. The van der Waals surface area contributed by atoms with E-state index in [1.807, 2.05) is 0 Å². The van der Waals surface area contributed by atoms with Gasteiger partial charge in [-0.2, -0.15) is 0 Å². The number of ether oxygens (including phenoxy) is 17. The van der Waals surface area contributed by atoms with E-state index in [1.54, 1.807) is 4.90 Å². The van der Waals surface area contributed by atoms with E-state index in [-0.39, 0.29) is 108 Å². The Kier molecular flexibility index (Phi) is 26.4. The summed E-state index contributed by atoms with van der Waals surface area (Å²) >= 11 is 0. The molecule has 31 nitrogen and oxygen atoms in total. The highest BCUT2D eigenvalue weighted by molar-refractivity contribution is 6.05. The molecule has 7 atom stereocenters. The number of nitrogens with zero attached hydrogens (tertiary/aromatic N) is 2. The second-order valence-corrected chi connectivity index (χ2v) is 22.6. The maximum atomic E-state index is 14.8. The largest absolute Gasteiger partial charge is 0.493 e. The predicted octanol–water partition coefficient (Wildman–Crippen LogP) is 5.55. The van der Waals surface area contributed by atoms with E-state index in [1.165, 1.54) is 74.8 Å².